The van der Waals surface area contributed by atoms with E-state index in [-0.39, 0.29) is 12.3 Å². The number of rotatable bonds is 3. The molecule has 0 amide bonds. The van der Waals surface area contributed by atoms with E-state index in [9.17, 15) is 13.2 Å². The van der Waals surface area contributed by atoms with Crippen molar-refractivity contribution in [3.63, 3.8) is 0 Å². The van der Waals surface area contributed by atoms with E-state index < -0.39 is 11.7 Å². The molecule has 0 saturated carbocycles. The first-order valence-electron chi connectivity index (χ1n) is 5.24. The maximum Gasteiger partial charge on any atom is 0.419 e. The van der Waals surface area contributed by atoms with Crippen LogP contribution in [-0.4, -0.2) is 13.7 Å². The fourth-order valence-electron chi connectivity index (χ4n) is 1.32. The number of benzene rings is 1. The number of hydrogen-bond donors (Lipinski definition) is 0. The summed E-state index contributed by atoms with van der Waals surface area (Å²) in [6.07, 6.45) is -4.12. The molecule has 0 saturated heterocycles. The van der Waals surface area contributed by atoms with Crippen LogP contribution >= 0.6 is 0 Å². The topological polar surface area (TPSA) is 58.0 Å². The number of halogens is 3. The molecule has 0 radical (unpaired) electrons. The zero-order valence-electron chi connectivity index (χ0n) is 10.0. The lowest BCUT2D eigenvalue weighted by Gasteiger charge is -2.11. The molecule has 7 heteroatoms. The fourth-order valence-corrected chi connectivity index (χ4v) is 1.32. The van der Waals surface area contributed by atoms with E-state index in [1.54, 1.807) is 0 Å². The molecule has 0 fully saturated rings. The third-order valence-electron chi connectivity index (χ3n) is 2.14. The molecule has 0 bridgehead atoms. The number of hydrogen-bond acceptors (Lipinski definition) is 2. The van der Waals surface area contributed by atoms with Crippen LogP contribution in [0, 0.1) is 11.8 Å². The molecule has 4 nitrogen and oxygen atoms in total. The SMILES string of the molecule is COc1cc(C#CCCN=[N+]=[N-])ccc1C(F)(F)F. The second-order valence-electron chi connectivity index (χ2n) is 3.42. The number of azide groups is 1. The third kappa shape index (κ3) is 4.45. The fraction of sp³-hybridized carbons (Fsp3) is 0.333. The van der Waals surface area contributed by atoms with Gasteiger partial charge in [-0.3, -0.25) is 0 Å². The van der Waals surface area contributed by atoms with Crippen LogP contribution in [0.4, 0.5) is 13.2 Å². The molecule has 1 rings (SSSR count). The molecule has 0 unspecified atom stereocenters. The molecule has 0 heterocycles. The van der Waals surface area contributed by atoms with Gasteiger partial charge < -0.3 is 4.74 Å². The third-order valence-corrected chi connectivity index (χ3v) is 2.14. The lowest BCUT2D eigenvalue weighted by Crippen LogP contribution is -2.07. The minimum Gasteiger partial charge on any atom is -0.496 e. The van der Waals surface area contributed by atoms with E-state index in [1.165, 1.54) is 19.2 Å². The van der Waals surface area contributed by atoms with Crippen LogP contribution in [0.15, 0.2) is 23.3 Å². The average Bonchev–Trinajstić information content (AvgIpc) is 2.37. The van der Waals surface area contributed by atoms with Gasteiger partial charge in [-0.15, -0.1) is 0 Å². The second-order valence-corrected chi connectivity index (χ2v) is 3.42. The Balaban J connectivity index is 2.91. The summed E-state index contributed by atoms with van der Waals surface area (Å²) in [4.78, 5) is 2.56. The Morgan fingerprint density at radius 1 is 1.42 bits per heavy atom. The van der Waals surface area contributed by atoms with Gasteiger partial charge in [0.2, 0.25) is 0 Å². The summed E-state index contributed by atoms with van der Waals surface area (Å²) in [5, 5.41) is 3.29. The Morgan fingerprint density at radius 3 is 2.74 bits per heavy atom. The van der Waals surface area contributed by atoms with Crippen LogP contribution in [0.2, 0.25) is 0 Å². The minimum absolute atomic E-state index is 0.223. The first kappa shape index (κ1) is 14.7. The number of ether oxygens (including phenoxy) is 1. The highest BCUT2D eigenvalue weighted by atomic mass is 19.4. The summed E-state index contributed by atoms with van der Waals surface area (Å²) in [5.74, 6) is 5.10. The molecule has 1 aromatic rings. The van der Waals surface area contributed by atoms with Gasteiger partial charge in [0, 0.05) is 23.4 Å². The minimum atomic E-state index is -4.46. The molecule has 0 aliphatic rings. The lowest BCUT2D eigenvalue weighted by molar-refractivity contribution is -0.138. The predicted octanol–water partition coefficient (Wildman–Crippen LogP) is 3.77. The maximum atomic E-state index is 12.6. The molecule has 19 heavy (non-hydrogen) atoms. The lowest BCUT2D eigenvalue weighted by atomic mass is 10.1. The molecule has 0 N–H and O–H groups in total. The summed E-state index contributed by atoms with van der Waals surface area (Å²) >= 11 is 0. The van der Waals surface area contributed by atoms with Gasteiger partial charge in [-0.05, 0) is 23.7 Å². The number of alkyl halides is 3. The molecule has 0 spiro atoms. The van der Waals surface area contributed by atoms with E-state index in [1.807, 2.05) is 0 Å². The molecule has 0 aromatic heterocycles. The average molecular weight is 269 g/mol. The van der Waals surface area contributed by atoms with Gasteiger partial charge >= 0.3 is 6.18 Å². The second kappa shape index (κ2) is 6.57. The summed E-state index contributed by atoms with van der Waals surface area (Å²) in [5.41, 5.74) is 7.61. The van der Waals surface area contributed by atoms with Gasteiger partial charge in [0.15, 0.2) is 0 Å². The number of nitrogens with zero attached hydrogens (tertiary/aromatic N) is 3. The van der Waals surface area contributed by atoms with Crippen LogP contribution in [0.3, 0.4) is 0 Å². The highest BCUT2D eigenvalue weighted by Gasteiger charge is 2.34. The Bertz CT molecular complexity index is 552. The van der Waals surface area contributed by atoms with E-state index in [0.717, 1.165) is 6.07 Å². The zero-order valence-corrected chi connectivity index (χ0v) is 10.0. The smallest absolute Gasteiger partial charge is 0.419 e. The standard InChI is InChI=1S/C12H10F3N3O/c1-19-11-8-9(4-2-3-7-17-18-16)5-6-10(11)12(13,14)15/h5-6,8H,3,7H2,1H3. The first-order valence-corrected chi connectivity index (χ1v) is 5.24. The van der Waals surface area contributed by atoms with Crippen LogP contribution in [0.1, 0.15) is 17.5 Å². The largest absolute Gasteiger partial charge is 0.496 e. The summed E-state index contributed by atoms with van der Waals surface area (Å²) in [6.45, 7) is 0.223. The van der Waals surface area contributed by atoms with Crippen LogP contribution in [0.5, 0.6) is 5.75 Å². The van der Waals surface area contributed by atoms with E-state index in [4.69, 9.17) is 10.3 Å². The normalized spacial score (nSPS) is 10.1. The Morgan fingerprint density at radius 2 is 2.16 bits per heavy atom. The maximum absolute atomic E-state index is 12.6. The van der Waals surface area contributed by atoms with Gasteiger partial charge in [0.05, 0.1) is 12.7 Å². The van der Waals surface area contributed by atoms with Crippen molar-refractivity contribution in [3.8, 4) is 17.6 Å². The van der Waals surface area contributed by atoms with Gasteiger partial charge in [-0.2, -0.15) is 13.2 Å². The highest BCUT2D eigenvalue weighted by Crippen LogP contribution is 2.36. The monoisotopic (exact) mass is 269 g/mol. The molecule has 0 atom stereocenters. The zero-order chi connectivity index (χ0) is 14.3. The predicted molar refractivity (Wildman–Crippen MR) is 63.5 cm³/mol. The molecular formula is C12H10F3N3O. The Hall–Kier alpha value is -2.32. The highest BCUT2D eigenvalue weighted by molar-refractivity contribution is 5.45. The van der Waals surface area contributed by atoms with Crippen molar-refractivity contribution in [2.24, 2.45) is 5.11 Å². The van der Waals surface area contributed by atoms with Crippen LogP contribution in [0.25, 0.3) is 10.4 Å². The molecular weight excluding hydrogens is 259 g/mol. The first-order chi connectivity index (χ1) is 8.99. The van der Waals surface area contributed by atoms with Crippen LogP contribution < -0.4 is 4.74 Å². The van der Waals surface area contributed by atoms with Gasteiger partial charge in [0.25, 0.3) is 0 Å². The van der Waals surface area contributed by atoms with Crippen molar-refractivity contribution in [2.75, 3.05) is 13.7 Å². The van der Waals surface area contributed by atoms with Crippen molar-refractivity contribution in [2.45, 2.75) is 12.6 Å². The van der Waals surface area contributed by atoms with E-state index in [0.29, 0.717) is 12.0 Å². The van der Waals surface area contributed by atoms with Crippen molar-refractivity contribution >= 4 is 0 Å². The molecule has 100 valence electrons. The molecule has 0 aliphatic carbocycles. The van der Waals surface area contributed by atoms with Gasteiger partial charge in [-0.25, -0.2) is 0 Å². The van der Waals surface area contributed by atoms with Crippen molar-refractivity contribution in [1.29, 1.82) is 0 Å². The Kier molecular flexibility index (Phi) is 5.10. The van der Waals surface area contributed by atoms with Gasteiger partial charge in [-0.1, -0.05) is 17.0 Å². The van der Waals surface area contributed by atoms with Gasteiger partial charge in [0.1, 0.15) is 5.75 Å². The summed E-state index contributed by atoms with van der Waals surface area (Å²) < 4.78 is 42.5. The van der Waals surface area contributed by atoms with E-state index >= 15 is 0 Å². The van der Waals surface area contributed by atoms with Crippen molar-refractivity contribution < 1.29 is 17.9 Å². The number of methoxy groups -OCH3 is 1. The molecule has 1 aromatic carbocycles. The Labute approximate surface area is 107 Å². The van der Waals surface area contributed by atoms with E-state index in [2.05, 4.69) is 21.9 Å². The quantitative estimate of drug-likeness (QED) is 0.271. The molecule has 0 aliphatic heterocycles. The van der Waals surface area contributed by atoms with Crippen molar-refractivity contribution in [1.82, 2.24) is 0 Å². The van der Waals surface area contributed by atoms with Crippen molar-refractivity contribution in [3.05, 3.63) is 39.8 Å². The van der Waals surface area contributed by atoms with Crippen LogP contribution in [-0.2, 0) is 6.18 Å². The summed E-state index contributed by atoms with van der Waals surface area (Å²) in [6, 6.07) is 3.42. The summed E-state index contributed by atoms with van der Waals surface area (Å²) in [7, 11) is 1.17.